The van der Waals surface area contributed by atoms with Crippen molar-refractivity contribution in [1.82, 2.24) is 4.90 Å². The van der Waals surface area contributed by atoms with Crippen LogP contribution in [0.2, 0.25) is 0 Å². The molecule has 0 aliphatic carbocycles. The Balaban J connectivity index is 0.00000243. The van der Waals surface area contributed by atoms with Crippen LogP contribution in [0.3, 0.4) is 0 Å². The van der Waals surface area contributed by atoms with Crippen LogP contribution in [0.1, 0.15) is 5.56 Å². The summed E-state index contributed by atoms with van der Waals surface area (Å²) in [5.41, 5.74) is 1.44. The number of hydrazone groups is 1. The van der Waals surface area contributed by atoms with Gasteiger partial charge in [0.05, 0.1) is 0 Å². The number of hydrogen-bond acceptors (Lipinski definition) is 5. The van der Waals surface area contributed by atoms with E-state index >= 15 is 0 Å². The van der Waals surface area contributed by atoms with Gasteiger partial charge in [0, 0.05) is 12.1 Å². The summed E-state index contributed by atoms with van der Waals surface area (Å²) in [6.45, 7) is 1.25. The first kappa shape index (κ1) is 19.8. The number of likely N-dealkylation sites (N-methyl/N-ethyl adjacent to an activating group) is 1. The fourth-order valence-electron chi connectivity index (χ4n) is 2.37. The van der Waals surface area contributed by atoms with Crippen molar-refractivity contribution in [3.63, 3.8) is 0 Å². The lowest BCUT2D eigenvalue weighted by molar-refractivity contribution is -0.121. The molecule has 0 saturated carbocycles. The van der Waals surface area contributed by atoms with Crippen molar-refractivity contribution in [2.75, 3.05) is 38.9 Å². The second-order valence-corrected chi connectivity index (χ2v) is 5.88. The van der Waals surface area contributed by atoms with E-state index in [-0.39, 0.29) is 24.9 Å². The maximum absolute atomic E-state index is 12.3. The molecule has 2 aromatic rings. The summed E-state index contributed by atoms with van der Waals surface area (Å²) >= 11 is 0. The number of anilines is 1. The molecule has 1 aliphatic heterocycles. The molecule has 0 N–H and O–H groups in total. The number of rotatable bonds is 6. The summed E-state index contributed by atoms with van der Waals surface area (Å²) in [4.78, 5) is 14.4. The summed E-state index contributed by atoms with van der Waals surface area (Å²) < 4.78 is 11.3. The van der Waals surface area contributed by atoms with Gasteiger partial charge in [-0.05, 0) is 38.4 Å². The minimum Gasteiger partial charge on any atom is -0.490 e. The second-order valence-electron chi connectivity index (χ2n) is 5.88. The molecular weight excluding hydrogens is 354 g/mol. The Bertz CT molecular complexity index is 766. The van der Waals surface area contributed by atoms with Gasteiger partial charge in [-0.3, -0.25) is 4.79 Å². The van der Waals surface area contributed by atoms with Crippen LogP contribution in [0.4, 0.5) is 5.69 Å². The van der Waals surface area contributed by atoms with Crippen molar-refractivity contribution in [1.29, 1.82) is 0 Å². The smallest absolute Gasteiger partial charge is 0.285 e. The first-order valence-corrected chi connectivity index (χ1v) is 8.11. The van der Waals surface area contributed by atoms with E-state index in [0.29, 0.717) is 23.9 Å². The van der Waals surface area contributed by atoms with Gasteiger partial charge >= 0.3 is 0 Å². The Morgan fingerprint density at radius 3 is 2.54 bits per heavy atom. The molecule has 26 heavy (non-hydrogen) atoms. The zero-order valence-corrected chi connectivity index (χ0v) is 15.6. The van der Waals surface area contributed by atoms with Crippen LogP contribution in [0.25, 0.3) is 0 Å². The number of halogens is 1. The minimum absolute atomic E-state index is 0. The number of ether oxygens (including phenoxy) is 2. The Morgan fingerprint density at radius 1 is 1.12 bits per heavy atom. The third-order valence-electron chi connectivity index (χ3n) is 3.67. The summed E-state index contributed by atoms with van der Waals surface area (Å²) in [5.74, 6) is 0.808. The number of carbonyl (C=O) groups excluding carboxylic acids is 1. The third kappa shape index (κ3) is 4.74. The second kappa shape index (κ2) is 9.22. The lowest BCUT2D eigenvalue weighted by atomic mass is 10.2. The van der Waals surface area contributed by atoms with Crippen molar-refractivity contribution in [3.05, 3.63) is 60.2 Å². The first-order valence-electron chi connectivity index (χ1n) is 8.11. The SMILES string of the molecule is CN(C)CCOc1ccccc1N1N=C(c2ccccc2)OCC1=O.Cl. The van der Waals surface area contributed by atoms with Crippen LogP contribution < -0.4 is 9.75 Å². The van der Waals surface area contributed by atoms with Gasteiger partial charge in [0.25, 0.3) is 5.91 Å². The zero-order valence-electron chi connectivity index (χ0n) is 14.8. The molecule has 6 nitrogen and oxygen atoms in total. The first-order chi connectivity index (χ1) is 12.1. The highest BCUT2D eigenvalue weighted by atomic mass is 35.5. The van der Waals surface area contributed by atoms with E-state index in [1.807, 2.05) is 73.6 Å². The van der Waals surface area contributed by atoms with Crippen molar-refractivity contribution in [2.24, 2.45) is 5.10 Å². The monoisotopic (exact) mass is 375 g/mol. The van der Waals surface area contributed by atoms with E-state index in [1.165, 1.54) is 5.01 Å². The molecular formula is C19H22ClN3O3. The Kier molecular flexibility index (Phi) is 7.00. The van der Waals surface area contributed by atoms with Crippen molar-refractivity contribution in [3.8, 4) is 5.75 Å². The topological polar surface area (TPSA) is 54.4 Å². The molecule has 138 valence electrons. The molecule has 2 aromatic carbocycles. The molecule has 0 radical (unpaired) electrons. The van der Waals surface area contributed by atoms with E-state index in [2.05, 4.69) is 5.10 Å². The number of benzene rings is 2. The third-order valence-corrected chi connectivity index (χ3v) is 3.67. The highest BCUT2D eigenvalue weighted by Crippen LogP contribution is 2.30. The van der Waals surface area contributed by atoms with Gasteiger partial charge in [0.2, 0.25) is 5.90 Å². The van der Waals surface area contributed by atoms with Crippen LogP contribution in [-0.2, 0) is 9.53 Å². The van der Waals surface area contributed by atoms with Crippen LogP contribution in [0, 0.1) is 0 Å². The van der Waals surface area contributed by atoms with Crippen LogP contribution >= 0.6 is 12.4 Å². The molecule has 0 saturated heterocycles. The van der Waals surface area contributed by atoms with Gasteiger partial charge in [-0.2, -0.15) is 5.01 Å². The van der Waals surface area contributed by atoms with Gasteiger partial charge in [-0.1, -0.05) is 30.3 Å². The summed E-state index contributed by atoms with van der Waals surface area (Å²) in [6.07, 6.45) is 0. The van der Waals surface area contributed by atoms with E-state index in [9.17, 15) is 4.79 Å². The molecule has 0 aromatic heterocycles. The molecule has 0 spiro atoms. The predicted molar refractivity (Wildman–Crippen MR) is 104 cm³/mol. The standard InChI is InChI=1S/C19H21N3O3.ClH/c1-21(2)12-13-24-17-11-7-6-10-16(17)22-18(23)14-25-19(20-22)15-8-4-3-5-9-15;/h3-11H,12-14H2,1-2H3;1H. The summed E-state index contributed by atoms with van der Waals surface area (Å²) in [6, 6.07) is 16.9. The highest BCUT2D eigenvalue weighted by molar-refractivity contribution is 6.04. The Hall–Kier alpha value is -2.57. The van der Waals surface area contributed by atoms with Crippen molar-refractivity contribution >= 4 is 29.9 Å². The van der Waals surface area contributed by atoms with E-state index in [1.54, 1.807) is 0 Å². The lowest BCUT2D eigenvalue weighted by Crippen LogP contribution is -2.37. The normalized spacial score (nSPS) is 13.7. The van der Waals surface area contributed by atoms with E-state index < -0.39 is 0 Å². The Labute approximate surface area is 159 Å². The number of amides is 1. The minimum atomic E-state index is -0.233. The number of nitrogens with zero attached hydrogens (tertiary/aromatic N) is 3. The van der Waals surface area contributed by atoms with Gasteiger partial charge in [-0.15, -0.1) is 17.5 Å². The predicted octanol–water partition coefficient (Wildman–Crippen LogP) is 2.77. The van der Waals surface area contributed by atoms with E-state index in [4.69, 9.17) is 9.47 Å². The molecule has 7 heteroatoms. The molecule has 1 amide bonds. The molecule has 0 unspecified atom stereocenters. The summed E-state index contributed by atoms with van der Waals surface area (Å²) in [7, 11) is 3.97. The molecule has 0 fully saturated rings. The number of hydrogen-bond donors (Lipinski definition) is 0. The maximum atomic E-state index is 12.3. The fraction of sp³-hybridized carbons (Fsp3) is 0.263. The molecule has 1 aliphatic rings. The van der Waals surface area contributed by atoms with Crippen molar-refractivity contribution in [2.45, 2.75) is 0 Å². The van der Waals surface area contributed by atoms with Gasteiger partial charge in [0.15, 0.2) is 6.61 Å². The summed E-state index contributed by atoms with van der Waals surface area (Å²) in [5, 5.41) is 5.75. The lowest BCUT2D eigenvalue weighted by Gasteiger charge is -2.25. The van der Waals surface area contributed by atoms with Crippen LogP contribution in [-0.4, -0.2) is 50.6 Å². The van der Waals surface area contributed by atoms with Crippen LogP contribution in [0.5, 0.6) is 5.75 Å². The van der Waals surface area contributed by atoms with Gasteiger partial charge in [-0.25, -0.2) is 0 Å². The number of para-hydroxylation sites is 2. The van der Waals surface area contributed by atoms with Crippen LogP contribution in [0.15, 0.2) is 59.7 Å². The Morgan fingerprint density at radius 2 is 1.81 bits per heavy atom. The zero-order chi connectivity index (χ0) is 17.6. The average molecular weight is 376 g/mol. The van der Waals surface area contributed by atoms with E-state index in [0.717, 1.165) is 12.1 Å². The van der Waals surface area contributed by atoms with Crippen molar-refractivity contribution < 1.29 is 14.3 Å². The average Bonchev–Trinajstić information content (AvgIpc) is 2.63. The maximum Gasteiger partial charge on any atom is 0.285 e. The van der Waals surface area contributed by atoms with Gasteiger partial charge < -0.3 is 14.4 Å². The highest BCUT2D eigenvalue weighted by Gasteiger charge is 2.26. The largest absolute Gasteiger partial charge is 0.490 e. The fourth-order valence-corrected chi connectivity index (χ4v) is 2.37. The molecule has 0 bridgehead atoms. The molecule has 1 heterocycles. The molecule has 0 atom stereocenters. The van der Waals surface area contributed by atoms with Gasteiger partial charge in [0.1, 0.15) is 18.0 Å². The quantitative estimate of drug-likeness (QED) is 0.779. The number of carbonyl (C=O) groups is 1. The molecule has 3 rings (SSSR count).